The van der Waals surface area contributed by atoms with Crippen LogP contribution in [0.15, 0.2) is 53.3 Å². The lowest BCUT2D eigenvalue weighted by atomic mass is 10.2. The lowest BCUT2D eigenvalue weighted by Crippen LogP contribution is -2.25. The Bertz CT molecular complexity index is 1090. The third-order valence-electron chi connectivity index (χ3n) is 3.77. The molecule has 6 nitrogen and oxygen atoms in total. The molecule has 0 aliphatic rings. The van der Waals surface area contributed by atoms with Gasteiger partial charge in [-0.25, -0.2) is 14.6 Å². The van der Waals surface area contributed by atoms with Crippen LogP contribution < -0.4 is 5.56 Å². The first kappa shape index (κ1) is 13.5. The number of hydrogen-bond donors (Lipinski definition) is 0. The van der Waals surface area contributed by atoms with Gasteiger partial charge in [0.1, 0.15) is 5.52 Å². The molecule has 2 heterocycles. The van der Waals surface area contributed by atoms with Crippen LogP contribution in [-0.4, -0.2) is 25.0 Å². The van der Waals surface area contributed by atoms with E-state index in [9.17, 15) is 4.79 Å². The zero-order valence-corrected chi connectivity index (χ0v) is 12.5. The van der Waals surface area contributed by atoms with Gasteiger partial charge in [0.15, 0.2) is 0 Å². The van der Waals surface area contributed by atoms with Gasteiger partial charge >= 0.3 is 0 Å². The molecule has 0 saturated carbocycles. The lowest BCUT2D eigenvalue weighted by molar-refractivity contribution is 0.589. The predicted octanol–water partition coefficient (Wildman–Crippen LogP) is 2.09. The molecule has 0 aliphatic carbocycles. The molecule has 0 saturated heterocycles. The smallest absolute Gasteiger partial charge is 0.267 e. The lowest BCUT2D eigenvalue weighted by Gasteiger charge is -2.08. The Morgan fingerprint density at radius 3 is 2.35 bits per heavy atom. The maximum atomic E-state index is 12.5. The molecule has 0 radical (unpaired) electrons. The van der Waals surface area contributed by atoms with Crippen LogP contribution in [0.5, 0.6) is 0 Å². The van der Waals surface area contributed by atoms with Gasteiger partial charge in [-0.05, 0) is 31.2 Å². The van der Waals surface area contributed by atoms with Crippen molar-refractivity contribution in [3.8, 4) is 0 Å². The van der Waals surface area contributed by atoms with E-state index in [1.54, 1.807) is 12.1 Å². The van der Waals surface area contributed by atoms with E-state index in [1.165, 1.54) is 4.68 Å². The van der Waals surface area contributed by atoms with E-state index in [1.807, 2.05) is 43.3 Å². The molecule has 4 rings (SSSR count). The summed E-state index contributed by atoms with van der Waals surface area (Å²) in [6.07, 6.45) is 0. The van der Waals surface area contributed by atoms with E-state index in [0.717, 1.165) is 22.4 Å². The maximum absolute atomic E-state index is 12.5. The van der Waals surface area contributed by atoms with Crippen molar-refractivity contribution in [2.75, 3.05) is 0 Å². The predicted molar refractivity (Wildman–Crippen MR) is 87.2 cm³/mol. The first-order valence-electron chi connectivity index (χ1n) is 7.27. The van der Waals surface area contributed by atoms with Crippen LogP contribution in [-0.2, 0) is 6.54 Å². The highest BCUT2D eigenvalue weighted by Crippen LogP contribution is 2.13. The summed E-state index contributed by atoms with van der Waals surface area (Å²) >= 11 is 0. The minimum absolute atomic E-state index is 0.176. The molecule has 2 aromatic heterocycles. The minimum Gasteiger partial charge on any atom is -0.267 e. The SMILES string of the molecule is Cc1nc2ccccc2nc1Cn1nnc2ccccc2c1=O. The molecule has 0 amide bonds. The molecular formula is C17H13N5O. The Balaban J connectivity index is 1.83. The summed E-state index contributed by atoms with van der Waals surface area (Å²) in [5.74, 6) is 0. The Morgan fingerprint density at radius 2 is 1.57 bits per heavy atom. The van der Waals surface area contributed by atoms with Crippen molar-refractivity contribution >= 4 is 21.9 Å². The molecule has 2 aromatic carbocycles. The average Bonchev–Trinajstić information content (AvgIpc) is 2.58. The Hall–Kier alpha value is -3.15. The molecule has 23 heavy (non-hydrogen) atoms. The van der Waals surface area contributed by atoms with Gasteiger partial charge in [-0.2, -0.15) is 0 Å². The van der Waals surface area contributed by atoms with Crippen LogP contribution in [0, 0.1) is 6.92 Å². The zero-order chi connectivity index (χ0) is 15.8. The van der Waals surface area contributed by atoms with Crippen molar-refractivity contribution in [3.05, 3.63) is 70.3 Å². The third-order valence-corrected chi connectivity index (χ3v) is 3.77. The fraction of sp³-hybridized carbons (Fsp3) is 0.118. The van der Waals surface area contributed by atoms with Crippen molar-refractivity contribution < 1.29 is 0 Å². The summed E-state index contributed by atoms with van der Waals surface area (Å²) in [4.78, 5) is 21.7. The molecule has 0 unspecified atom stereocenters. The molecule has 112 valence electrons. The van der Waals surface area contributed by atoms with Gasteiger partial charge in [0.05, 0.1) is 34.4 Å². The van der Waals surface area contributed by atoms with Gasteiger partial charge in [-0.1, -0.05) is 29.5 Å². The zero-order valence-electron chi connectivity index (χ0n) is 12.5. The van der Waals surface area contributed by atoms with E-state index in [0.29, 0.717) is 10.9 Å². The molecule has 0 bridgehead atoms. The molecule has 4 aromatic rings. The Morgan fingerprint density at radius 1 is 0.913 bits per heavy atom. The van der Waals surface area contributed by atoms with Crippen LogP contribution in [0.1, 0.15) is 11.4 Å². The van der Waals surface area contributed by atoms with Gasteiger partial charge in [0.25, 0.3) is 5.56 Å². The fourth-order valence-electron chi connectivity index (χ4n) is 2.54. The Kier molecular flexibility index (Phi) is 3.08. The third kappa shape index (κ3) is 2.34. The minimum atomic E-state index is -0.176. The number of aromatic nitrogens is 5. The maximum Gasteiger partial charge on any atom is 0.277 e. The van der Waals surface area contributed by atoms with E-state index < -0.39 is 0 Å². The average molecular weight is 303 g/mol. The first-order chi connectivity index (χ1) is 11.2. The highest BCUT2D eigenvalue weighted by Gasteiger charge is 2.10. The standard InChI is InChI=1S/C17H13N5O/c1-11-16(19-15-9-5-4-8-14(15)18-11)10-22-17(23)12-6-2-3-7-13(12)20-21-22/h2-9H,10H2,1H3. The molecular weight excluding hydrogens is 290 g/mol. The van der Waals surface area contributed by atoms with Crippen molar-refractivity contribution in [2.45, 2.75) is 13.5 Å². The van der Waals surface area contributed by atoms with Crippen LogP contribution in [0.4, 0.5) is 0 Å². The summed E-state index contributed by atoms with van der Waals surface area (Å²) in [5, 5.41) is 8.65. The van der Waals surface area contributed by atoms with Gasteiger partial charge in [0, 0.05) is 0 Å². The van der Waals surface area contributed by atoms with Crippen molar-refractivity contribution in [3.63, 3.8) is 0 Å². The number of rotatable bonds is 2. The second kappa shape index (κ2) is 5.24. The summed E-state index contributed by atoms with van der Waals surface area (Å²) < 4.78 is 1.33. The van der Waals surface area contributed by atoms with E-state index in [2.05, 4.69) is 20.3 Å². The number of benzene rings is 2. The molecule has 0 fully saturated rings. The molecule has 0 spiro atoms. The van der Waals surface area contributed by atoms with Gasteiger partial charge in [-0.15, -0.1) is 5.10 Å². The highest BCUT2D eigenvalue weighted by molar-refractivity contribution is 5.76. The number of aryl methyl sites for hydroxylation is 1. The van der Waals surface area contributed by atoms with E-state index in [4.69, 9.17) is 0 Å². The molecule has 6 heteroatoms. The second-order valence-electron chi connectivity index (χ2n) is 5.31. The van der Waals surface area contributed by atoms with Gasteiger partial charge in [-0.3, -0.25) is 4.79 Å². The van der Waals surface area contributed by atoms with Crippen LogP contribution >= 0.6 is 0 Å². The van der Waals surface area contributed by atoms with Crippen molar-refractivity contribution in [1.29, 1.82) is 0 Å². The van der Waals surface area contributed by atoms with Crippen molar-refractivity contribution in [1.82, 2.24) is 25.0 Å². The van der Waals surface area contributed by atoms with Crippen LogP contribution in [0.2, 0.25) is 0 Å². The second-order valence-corrected chi connectivity index (χ2v) is 5.31. The molecule has 0 N–H and O–H groups in total. The number of fused-ring (bicyclic) bond motifs is 2. The van der Waals surface area contributed by atoms with Gasteiger partial charge < -0.3 is 0 Å². The van der Waals surface area contributed by atoms with Crippen LogP contribution in [0.3, 0.4) is 0 Å². The topological polar surface area (TPSA) is 73.6 Å². The first-order valence-corrected chi connectivity index (χ1v) is 7.27. The molecule has 0 aliphatic heterocycles. The van der Waals surface area contributed by atoms with Crippen molar-refractivity contribution in [2.24, 2.45) is 0 Å². The quantitative estimate of drug-likeness (QED) is 0.567. The number of hydrogen-bond acceptors (Lipinski definition) is 5. The van der Waals surface area contributed by atoms with E-state index in [-0.39, 0.29) is 12.1 Å². The van der Waals surface area contributed by atoms with Gasteiger partial charge in [0.2, 0.25) is 0 Å². The number of nitrogens with zero attached hydrogens (tertiary/aromatic N) is 5. The molecule has 0 atom stereocenters. The highest BCUT2D eigenvalue weighted by atomic mass is 16.1. The summed E-state index contributed by atoms with van der Waals surface area (Å²) in [7, 11) is 0. The summed E-state index contributed by atoms with van der Waals surface area (Å²) in [6, 6.07) is 14.8. The largest absolute Gasteiger partial charge is 0.277 e. The summed E-state index contributed by atoms with van der Waals surface area (Å²) in [5.41, 5.74) is 3.56. The van der Waals surface area contributed by atoms with E-state index >= 15 is 0 Å². The van der Waals surface area contributed by atoms with Crippen LogP contribution in [0.25, 0.3) is 21.9 Å². The Labute approximate surface area is 131 Å². The monoisotopic (exact) mass is 303 g/mol. The fourth-order valence-corrected chi connectivity index (χ4v) is 2.54. The summed E-state index contributed by atoms with van der Waals surface area (Å²) in [6.45, 7) is 2.13. The number of para-hydroxylation sites is 2. The normalized spacial score (nSPS) is 11.2.